The van der Waals surface area contributed by atoms with Crippen molar-refractivity contribution in [1.29, 1.82) is 0 Å². The number of esters is 1. The fraction of sp³-hybridized carbons (Fsp3) is 0.103. The van der Waals surface area contributed by atoms with Gasteiger partial charge < -0.3 is 25.2 Å². The highest BCUT2D eigenvalue weighted by molar-refractivity contribution is 6.09. The van der Waals surface area contributed by atoms with Crippen LogP contribution in [-0.2, 0) is 16.0 Å². The standard InChI is InChI=1S/C29H26O7/c1-19(18-36-28(34)17-8-21-5-11-23(31)12-6-21)2-13-24-27(33)16-14-25(29(24)35)26(32)15-7-20-3-9-22(30)10-4-20/h2-12,14-17,30-31,33,35H,13,18H2,1H3/b15-7+,17-8+,19-2-. The van der Waals surface area contributed by atoms with Crippen molar-refractivity contribution < 1.29 is 34.8 Å². The highest BCUT2D eigenvalue weighted by atomic mass is 16.5. The molecule has 0 aromatic heterocycles. The van der Waals surface area contributed by atoms with E-state index in [1.165, 1.54) is 48.6 Å². The van der Waals surface area contributed by atoms with Crippen LogP contribution in [-0.4, -0.2) is 38.8 Å². The molecule has 36 heavy (non-hydrogen) atoms. The lowest BCUT2D eigenvalue weighted by molar-refractivity contribution is -0.136. The third-order valence-electron chi connectivity index (χ3n) is 5.25. The van der Waals surface area contributed by atoms with Crippen molar-refractivity contribution in [2.75, 3.05) is 6.61 Å². The number of ketones is 1. The number of carbonyl (C=O) groups excluding carboxylic acids is 2. The molecule has 4 N–H and O–H groups in total. The molecule has 0 unspecified atom stereocenters. The van der Waals surface area contributed by atoms with Crippen molar-refractivity contribution in [2.45, 2.75) is 13.3 Å². The third-order valence-corrected chi connectivity index (χ3v) is 5.25. The lowest BCUT2D eigenvalue weighted by Gasteiger charge is -2.09. The van der Waals surface area contributed by atoms with E-state index < -0.39 is 11.8 Å². The lowest BCUT2D eigenvalue weighted by atomic mass is 10.0. The normalized spacial score (nSPS) is 11.8. The molecule has 0 fully saturated rings. The van der Waals surface area contributed by atoms with Gasteiger partial charge in [0.2, 0.25) is 0 Å². The number of hydrogen-bond donors (Lipinski definition) is 4. The third kappa shape index (κ3) is 7.36. The van der Waals surface area contributed by atoms with Crippen LogP contribution >= 0.6 is 0 Å². The minimum atomic E-state index is -0.547. The quantitative estimate of drug-likeness (QED) is 0.143. The number of hydrogen-bond acceptors (Lipinski definition) is 7. The van der Waals surface area contributed by atoms with Crippen molar-refractivity contribution >= 4 is 23.9 Å². The maximum atomic E-state index is 12.6. The Balaban J connectivity index is 1.61. The van der Waals surface area contributed by atoms with E-state index in [2.05, 4.69) is 0 Å². The molecule has 0 saturated carbocycles. The molecule has 0 spiro atoms. The largest absolute Gasteiger partial charge is 0.508 e. The van der Waals surface area contributed by atoms with Crippen LogP contribution < -0.4 is 0 Å². The first-order valence-corrected chi connectivity index (χ1v) is 11.1. The molecule has 0 aliphatic rings. The summed E-state index contributed by atoms with van der Waals surface area (Å²) in [7, 11) is 0. The van der Waals surface area contributed by atoms with Gasteiger partial charge in [-0.25, -0.2) is 4.79 Å². The summed E-state index contributed by atoms with van der Waals surface area (Å²) in [6.07, 6.45) is 7.50. The average molecular weight is 487 g/mol. The van der Waals surface area contributed by atoms with Crippen LogP contribution in [0.3, 0.4) is 0 Å². The smallest absolute Gasteiger partial charge is 0.331 e. The summed E-state index contributed by atoms with van der Waals surface area (Å²) in [5.74, 6) is -1.24. The van der Waals surface area contributed by atoms with Crippen molar-refractivity contribution in [1.82, 2.24) is 0 Å². The zero-order valence-electron chi connectivity index (χ0n) is 19.6. The predicted molar refractivity (Wildman–Crippen MR) is 137 cm³/mol. The van der Waals surface area contributed by atoms with Gasteiger partial charge in [0, 0.05) is 11.6 Å². The van der Waals surface area contributed by atoms with Gasteiger partial charge >= 0.3 is 5.97 Å². The SMILES string of the molecule is C/C(=C/Cc1c(O)ccc(C(=O)/C=C/c2ccc(O)cc2)c1O)COC(=O)/C=C/c1ccc(O)cc1. The minimum Gasteiger partial charge on any atom is -0.508 e. The molecule has 0 radical (unpaired) electrons. The maximum absolute atomic E-state index is 12.6. The predicted octanol–water partition coefficient (Wildman–Crippen LogP) is 5.15. The number of allylic oxidation sites excluding steroid dienone is 2. The van der Waals surface area contributed by atoms with Crippen LogP contribution in [0.15, 0.2) is 84.5 Å². The zero-order chi connectivity index (χ0) is 26.1. The molecule has 0 amide bonds. The first kappa shape index (κ1) is 25.8. The summed E-state index contributed by atoms with van der Waals surface area (Å²) < 4.78 is 5.19. The molecule has 7 heteroatoms. The van der Waals surface area contributed by atoms with E-state index in [-0.39, 0.29) is 47.2 Å². The molecule has 0 saturated heterocycles. The van der Waals surface area contributed by atoms with Gasteiger partial charge in [-0.1, -0.05) is 36.4 Å². The van der Waals surface area contributed by atoms with E-state index in [0.717, 1.165) is 5.56 Å². The molecular formula is C29H26O7. The fourth-order valence-corrected chi connectivity index (χ4v) is 3.19. The second-order valence-corrected chi connectivity index (χ2v) is 8.04. The minimum absolute atomic E-state index is 0.00820. The van der Waals surface area contributed by atoms with E-state index in [1.807, 2.05) is 0 Å². The number of phenols is 4. The second kappa shape index (κ2) is 12.1. The van der Waals surface area contributed by atoms with Crippen molar-refractivity contribution in [3.8, 4) is 23.0 Å². The van der Waals surface area contributed by atoms with Crippen molar-refractivity contribution in [3.63, 3.8) is 0 Å². The molecule has 184 valence electrons. The number of phenolic OH excluding ortho intramolecular Hbond substituents is 4. The van der Waals surface area contributed by atoms with Gasteiger partial charge in [-0.05, 0) is 78.6 Å². The number of ether oxygens (including phenoxy) is 1. The molecule has 0 bridgehead atoms. The van der Waals surface area contributed by atoms with Gasteiger partial charge in [-0.2, -0.15) is 0 Å². The van der Waals surface area contributed by atoms with Crippen LogP contribution in [0.2, 0.25) is 0 Å². The summed E-state index contributed by atoms with van der Waals surface area (Å²) >= 11 is 0. The highest BCUT2D eigenvalue weighted by Crippen LogP contribution is 2.32. The van der Waals surface area contributed by atoms with E-state index in [4.69, 9.17) is 4.74 Å². The van der Waals surface area contributed by atoms with Gasteiger partial charge in [0.05, 0.1) is 5.56 Å². The van der Waals surface area contributed by atoms with E-state index >= 15 is 0 Å². The summed E-state index contributed by atoms with van der Waals surface area (Å²) in [5.41, 5.74) is 2.33. The van der Waals surface area contributed by atoms with Crippen molar-refractivity contribution in [2.24, 2.45) is 0 Å². The van der Waals surface area contributed by atoms with Crippen LogP contribution in [0.4, 0.5) is 0 Å². The molecule has 7 nitrogen and oxygen atoms in total. The van der Waals surface area contributed by atoms with Gasteiger partial charge in [0.25, 0.3) is 0 Å². The molecule has 3 aromatic rings. The Morgan fingerprint density at radius 3 is 1.92 bits per heavy atom. The summed E-state index contributed by atoms with van der Waals surface area (Å²) in [5, 5.41) is 39.4. The molecule has 0 heterocycles. The number of aromatic hydroxyl groups is 4. The van der Waals surface area contributed by atoms with E-state index in [1.54, 1.807) is 49.4 Å². The van der Waals surface area contributed by atoms with E-state index in [9.17, 15) is 30.0 Å². The Bertz CT molecular complexity index is 1310. The van der Waals surface area contributed by atoms with Gasteiger partial charge in [0.1, 0.15) is 29.6 Å². The maximum Gasteiger partial charge on any atom is 0.331 e. The molecule has 0 atom stereocenters. The number of rotatable bonds is 9. The monoisotopic (exact) mass is 486 g/mol. The van der Waals surface area contributed by atoms with Crippen LogP contribution in [0.25, 0.3) is 12.2 Å². The Morgan fingerprint density at radius 1 is 0.778 bits per heavy atom. The van der Waals surface area contributed by atoms with Crippen LogP contribution in [0.5, 0.6) is 23.0 Å². The lowest BCUT2D eigenvalue weighted by Crippen LogP contribution is -2.03. The Kier molecular flexibility index (Phi) is 8.67. The molecule has 0 aliphatic carbocycles. The Hall–Kier alpha value is -4.78. The Morgan fingerprint density at radius 2 is 1.33 bits per heavy atom. The first-order valence-electron chi connectivity index (χ1n) is 11.1. The number of carbonyl (C=O) groups is 2. The topological polar surface area (TPSA) is 124 Å². The Labute approximate surface area is 208 Å². The molecule has 3 aromatic carbocycles. The van der Waals surface area contributed by atoms with Crippen molar-refractivity contribution in [3.05, 3.63) is 107 Å². The molecule has 3 rings (SSSR count). The molecule has 0 aliphatic heterocycles. The summed E-state index contributed by atoms with van der Waals surface area (Å²) in [6, 6.07) is 15.3. The van der Waals surface area contributed by atoms with Crippen LogP contribution in [0, 0.1) is 0 Å². The van der Waals surface area contributed by atoms with Crippen LogP contribution in [0.1, 0.15) is 34.0 Å². The van der Waals surface area contributed by atoms with E-state index in [0.29, 0.717) is 11.1 Å². The molecular weight excluding hydrogens is 460 g/mol. The number of benzene rings is 3. The summed E-state index contributed by atoms with van der Waals surface area (Å²) in [6.45, 7) is 1.74. The summed E-state index contributed by atoms with van der Waals surface area (Å²) in [4.78, 5) is 24.5. The first-order chi connectivity index (χ1) is 17.2. The van der Waals surface area contributed by atoms with Gasteiger partial charge in [-0.15, -0.1) is 0 Å². The second-order valence-electron chi connectivity index (χ2n) is 8.04. The fourth-order valence-electron chi connectivity index (χ4n) is 3.19. The average Bonchev–Trinajstić information content (AvgIpc) is 2.86. The highest BCUT2D eigenvalue weighted by Gasteiger charge is 2.15. The van der Waals surface area contributed by atoms with Gasteiger partial charge in [-0.3, -0.25) is 4.79 Å². The van der Waals surface area contributed by atoms with Gasteiger partial charge in [0.15, 0.2) is 5.78 Å². The zero-order valence-corrected chi connectivity index (χ0v) is 19.6.